The van der Waals surface area contributed by atoms with Crippen LogP contribution in [0.5, 0.6) is 0 Å². The van der Waals surface area contributed by atoms with E-state index in [0.29, 0.717) is 13.1 Å². The zero-order chi connectivity index (χ0) is 16.8. The van der Waals surface area contributed by atoms with E-state index in [2.05, 4.69) is 16.0 Å². The lowest BCUT2D eigenvalue weighted by atomic mass is 9.96. The number of nitrogens with one attached hydrogen (secondary N) is 3. The van der Waals surface area contributed by atoms with Crippen LogP contribution in [0.1, 0.15) is 25.7 Å². The van der Waals surface area contributed by atoms with E-state index < -0.39 is 0 Å². The molecule has 0 aliphatic carbocycles. The minimum Gasteiger partial charge on any atom is -0.352 e. The smallest absolute Gasteiger partial charge is 0.321 e. The molecule has 6 nitrogen and oxygen atoms in total. The summed E-state index contributed by atoms with van der Waals surface area (Å²) in [5, 5.41) is 9.34. The van der Waals surface area contributed by atoms with E-state index in [1.807, 2.05) is 30.3 Å². The van der Waals surface area contributed by atoms with Crippen molar-refractivity contribution in [3.05, 3.63) is 30.3 Å². The van der Waals surface area contributed by atoms with E-state index in [9.17, 15) is 9.59 Å². The molecule has 2 saturated heterocycles. The molecule has 2 aliphatic heterocycles. The molecule has 2 aliphatic rings. The summed E-state index contributed by atoms with van der Waals surface area (Å²) in [4.78, 5) is 26.6. The predicted molar refractivity (Wildman–Crippen MR) is 101 cm³/mol. The van der Waals surface area contributed by atoms with E-state index in [1.165, 1.54) is 0 Å². The number of amides is 3. The lowest BCUT2D eigenvalue weighted by Gasteiger charge is -2.33. The highest BCUT2D eigenvalue weighted by molar-refractivity contribution is 5.90. The van der Waals surface area contributed by atoms with Crippen molar-refractivity contribution in [2.24, 2.45) is 5.92 Å². The predicted octanol–water partition coefficient (Wildman–Crippen LogP) is 2.22. The summed E-state index contributed by atoms with van der Waals surface area (Å²) in [6, 6.07) is 9.51. The first-order valence-corrected chi connectivity index (χ1v) is 8.84. The molecular formula is C18H27ClN4O2. The second kappa shape index (κ2) is 9.63. The van der Waals surface area contributed by atoms with Crippen molar-refractivity contribution in [3.8, 4) is 0 Å². The fraction of sp³-hybridized carbons (Fsp3) is 0.556. The van der Waals surface area contributed by atoms with Crippen molar-refractivity contribution in [1.29, 1.82) is 0 Å². The summed E-state index contributed by atoms with van der Waals surface area (Å²) < 4.78 is 0. The number of carbonyl (C=O) groups excluding carboxylic acids is 2. The Morgan fingerprint density at radius 3 is 2.64 bits per heavy atom. The van der Waals surface area contributed by atoms with E-state index in [-0.39, 0.29) is 36.3 Å². The highest BCUT2D eigenvalue weighted by Crippen LogP contribution is 2.18. The molecule has 1 aromatic rings. The SMILES string of the molecule is Cl.O=C(N[C@H]1CCCNC1)C1CCCN(C(=O)Nc2ccccc2)C1. The Hall–Kier alpha value is -1.79. The second-order valence-corrected chi connectivity index (χ2v) is 6.63. The summed E-state index contributed by atoms with van der Waals surface area (Å²) in [5.41, 5.74) is 0.780. The molecule has 1 aromatic carbocycles. The Labute approximate surface area is 155 Å². The van der Waals surface area contributed by atoms with Crippen LogP contribution in [0, 0.1) is 5.92 Å². The van der Waals surface area contributed by atoms with E-state index >= 15 is 0 Å². The van der Waals surface area contributed by atoms with Gasteiger partial charge in [-0.05, 0) is 44.4 Å². The number of benzene rings is 1. The van der Waals surface area contributed by atoms with Crippen LogP contribution in [0.2, 0.25) is 0 Å². The molecule has 2 heterocycles. The van der Waals surface area contributed by atoms with Crippen LogP contribution in [-0.2, 0) is 4.79 Å². The average molecular weight is 367 g/mol. The number of nitrogens with zero attached hydrogens (tertiary/aromatic N) is 1. The summed E-state index contributed by atoms with van der Waals surface area (Å²) in [7, 11) is 0. The molecule has 25 heavy (non-hydrogen) atoms. The quantitative estimate of drug-likeness (QED) is 0.768. The van der Waals surface area contributed by atoms with Gasteiger partial charge < -0.3 is 20.9 Å². The van der Waals surface area contributed by atoms with Gasteiger partial charge in [0.15, 0.2) is 0 Å². The lowest BCUT2D eigenvalue weighted by molar-refractivity contribution is -0.127. The molecule has 138 valence electrons. The Morgan fingerprint density at radius 1 is 1.12 bits per heavy atom. The van der Waals surface area contributed by atoms with Crippen LogP contribution in [0.25, 0.3) is 0 Å². The van der Waals surface area contributed by atoms with Crippen molar-refractivity contribution >= 4 is 30.0 Å². The van der Waals surface area contributed by atoms with Crippen LogP contribution >= 0.6 is 12.4 Å². The van der Waals surface area contributed by atoms with Gasteiger partial charge in [-0.15, -0.1) is 12.4 Å². The zero-order valence-corrected chi connectivity index (χ0v) is 15.2. The molecule has 2 atom stereocenters. The molecule has 3 rings (SSSR count). The number of piperidine rings is 2. The van der Waals surface area contributed by atoms with Crippen molar-refractivity contribution in [1.82, 2.24) is 15.5 Å². The third kappa shape index (κ3) is 5.61. The molecule has 0 spiro atoms. The number of hydrogen-bond acceptors (Lipinski definition) is 3. The fourth-order valence-corrected chi connectivity index (χ4v) is 3.39. The number of carbonyl (C=O) groups is 2. The maximum atomic E-state index is 12.5. The number of likely N-dealkylation sites (tertiary alicyclic amines) is 1. The molecule has 0 saturated carbocycles. The molecule has 7 heteroatoms. The monoisotopic (exact) mass is 366 g/mol. The molecule has 3 amide bonds. The van der Waals surface area contributed by atoms with Gasteiger partial charge in [0, 0.05) is 31.4 Å². The van der Waals surface area contributed by atoms with Crippen molar-refractivity contribution in [2.45, 2.75) is 31.7 Å². The van der Waals surface area contributed by atoms with Crippen LogP contribution in [0.15, 0.2) is 30.3 Å². The number of anilines is 1. The fourth-order valence-electron chi connectivity index (χ4n) is 3.39. The second-order valence-electron chi connectivity index (χ2n) is 6.63. The largest absolute Gasteiger partial charge is 0.352 e. The van der Waals surface area contributed by atoms with Crippen molar-refractivity contribution in [2.75, 3.05) is 31.5 Å². The molecule has 1 unspecified atom stereocenters. The van der Waals surface area contributed by atoms with Gasteiger partial charge in [0.25, 0.3) is 0 Å². The van der Waals surface area contributed by atoms with E-state index in [4.69, 9.17) is 0 Å². The van der Waals surface area contributed by atoms with Crippen LogP contribution < -0.4 is 16.0 Å². The van der Waals surface area contributed by atoms with Crippen molar-refractivity contribution in [3.63, 3.8) is 0 Å². The Morgan fingerprint density at radius 2 is 1.92 bits per heavy atom. The third-order valence-corrected chi connectivity index (χ3v) is 4.75. The number of halogens is 1. The third-order valence-electron chi connectivity index (χ3n) is 4.75. The maximum Gasteiger partial charge on any atom is 0.321 e. The number of urea groups is 1. The van der Waals surface area contributed by atoms with Crippen molar-refractivity contribution < 1.29 is 9.59 Å². The molecule has 3 N–H and O–H groups in total. The number of hydrogen-bond donors (Lipinski definition) is 3. The first kappa shape index (κ1) is 19.5. The molecule has 0 aromatic heterocycles. The van der Waals surface area contributed by atoms with Gasteiger partial charge in [-0.3, -0.25) is 4.79 Å². The zero-order valence-electron chi connectivity index (χ0n) is 14.4. The van der Waals surface area contributed by atoms with Gasteiger partial charge in [0.1, 0.15) is 0 Å². The summed E-state index contributed by atoms with van der Waals surface area (Å²) >= 11 is 0. The van der Waals surface area contributed by atoms with Gasteiger partial charge in [-0.2, -0.15) is 0 Å². The van der Waals surface area contributed by atoms with Gasteiger partial charge in [0.2, 0.25) is 5.91 Å². The molecule has 0 bridgehead atoms. The highest BCUT2D eigenvalue weighted by atomic mass is 35.5. The maximum absolute atomic E-state index is 12.5. The average Bonchev–Trinajstić information content (AvgIpc) is 2.63. The minimum atomic E-state index is -0.127. The minimum absolute atomic E-state index is 0. The molecule has 0 radical (unpaired) electrons. The topological polar surface area (TPSA) is 73.5 Å². The van der Waals surface area contributed by atoms with Crippen LogP contribution in [0.4, 0.5) is 10.5 Å². The van der Waals surface area contributed by atoms with E-state index in [1.54, 1.807) is 4.90 Å². The Balaban J connectivity index is 0.00000225. The molecule has 2 fully saturated rings. The summed E-state index contributed by atoms with van der Waals surface area (Å²) in [5.74, 6) is -0.0249. The summed E-state index contributed by atoms with van der Waals surface area (Å²) in [6.07, 6.45) is 3.84. The normalized spacial score (nSPS) is 23.3. The summed E-state index contributed by atoms with van der Waals surface area (Å²) in [6.45, 7) is 3.07. The number of para-hydroxylation sites is 1. The van der Waals surface area contributed by atoms with Gasteiger partial charge >= 0.3 is 6.03 Å². The van der Waals surface area contributed by atoms with Gasteiger partial charge in [-0.25, -0.2) is 4.79 Å². The number of rotatable bonds is 3. The highest BCUT2D eigenvalue weighted by Gasteiger charge is 2.29. The van der Waals surface area contributed by atoms with Crippen LogP contribution in [-0.4, -0.2) is 49.1 Å². The standard InChI is InChI=1S/C18H26N4O2.ClH/c23-17(20-16-9-4-10-19-12-16)14-6-5-11-22(13-14)18(24)21-15-7-2-1-3-8-15;/h1-3,7-8,14,16,19H,4-6,9-13H2,(H,20,23)(H,21,24);1H/t14?,16-;/m0./s1. The Bertz CT molecular complexity index is 563. The lowest BCUT2D eigenvalue weighted by Crippen LogP contribution is -2.51. The first-order valence-electron chi connectivity index (χ1n) is 8.84. The van der Waals surface area contributed by atoms with Gasteiger partial charge in [0.05, 0.1) is 5.92 Å². The molecular weight excluding hydrogens is 340 g/mol. The van der Waals surface area contributed by atoms with Crippen LogP contribution in [0.3, 0.4) is 0 Å². The van der Waals surface area contributed by atoms with Gasteiger partial charge in [-0.1, -0.05) is 18.2 Å². The first-order chi connectivity index (χ1) is 11.7. The van der Waals surface area contributed by atoms with E-state index in [0.717, 1.165) is 44.5 Å². The Kier molecular flexibility index (Phi) is 7.52.